The van der Waals surface area contributed by atoms with Gasteiger partial charge in [-0.25, -0.2) is 4.90 Å². The number of hydrogen-bond acceptors (Lipinski definition) is 6. The van der Waals surface area contributed by atoms with E-state index in [0.717, 1.165) is 11.3 Å². The minimum Gasteiger partial charge on any atom is -0.493 e. The molecular formula is C29H24N2O5. The maximum Gasteiger partial charge on any atom is 0.240 e. The normalized spacial score (nSPS) is 23.8. The maximum atomic E-state index is 14.2. The zero-order valence-electron chi connectivity index (χ0n) is 19.8. The summed E-state index contributed by atoms with van der Waals surface area (Å²) < 4.78 is 10.8. The highest BCUT2D eigenvalue weighted by molar-refractivity contribution is 6.25. The molecule has 0 aliphatic carbocycles. The quantitative estimate of drug-likeness (QED) is 0.406. The van der Waals surface area contributed by atoms with E-state index < -0.39 is 23.9 Å². The third kappa shape index (κ3) is 3.09. The number of nitrogens with zero attached hydrogens (tertiary/aromatic N) is 2. The van der Waals surface area contributed by atoms with Gasteiger partial charge in [-0.05, 0) is 42.0 Å². The number of fused-ring (bicyclic) bond motifs is 5. The molecule has 0 spiro atoms. The summed E-state index contributed by atoms with van der Waals surface area (Å²) >= 11 is 0. The first-order valence-corrected chi connectivity index (χ1v) is 11.8. The predicted molar refractivity (Wildman–Crippen MR) is 135 cm³/mol. The second-order valence-corrected chi connectivity index (χ2v) is 9.09. The number of hydrogen-bond donors (Lipinski definition) is 0. The predicted octanol–water partition coefficient (Wildman–Crippen LogP) is 3.98. The molecule has 6 rings (SSSR count). The van der Waals surface area contributed by atoms with Crippen molar-refractivity contribution in [1.82, 2.24) is 0 Å². The Kier molecular flexibility index (Phi) is 5.14. The molecule has 0 bridgehead atoms. The Balaban J connectivity index is 1.49. The Labute approximate surface area is 208 Å². The Morgan fingerprint density at radius 2 is 1.50 bits per heavy atom. The van der Waals surface area contributed by atoms with E-state index in [0.29, 0.717) is 22.7 Å². The number of methoxy groups -OCH3 is 2. The van der Waals surface area contributed by atoms with Gasteiger partial charge in [0.25, 0.3) is 0 Å². The summed E-state index contributed by atoms with van der Waals surface area (Å²) in [5.74, 6) is -1.43. The third-order valence-electron chi connectivity index (χ3n) is 7.37. The fourth-order valence-electron chi connectivity index (χ4n) is 5.81. The molecule has 4 atom stereocenters. The minimum atomic E-state index is -0.852. The third-order valence-corrected chi connectivity index (χ3v) is 7.37. The van der Waals surface area contributed by atoms with Crippen LogP contribution in [0, 0.1) is 11.8 Å². The average Bonchev–Trinajstić information content (AvgIpc) is 3.40. The number of anilines is 2. The number of para-hydroxylation sites is 2. The SMILES string of the molecule is COc1ccc(C(=O)[C@@H]2[C@@H]3C(=O)N(c4ccccc4)C(=O)[C@@H]3[C@H]3C=Cc4ccccc4N32)cc1OC. The molecule has 3 aliphatic rings. The fraction of sp³-hybridized carbons (Fsp3) is 0.207. The second kappa shape index (κ2) is 8.37. The topological polar surface area (TPSA) is 76.2 Å². The average molecular weight is 481 g/mol. The van der Waals surface area contributed by atoms with Gasteiger partial charge in [-0.2, -0.15) is 0 Å². The summed E-state index contributed by atoms with van der Waals surface area (Å²) in [6.07, 6.45) is 3.92. The molecule has 2 saturated heterocycles. The summed E-state index contributed by atoms with van der Waals surface area (Å²) in [5, 5.41) is 0. The molecule has 2 fully saturated rings. The number of imide groups is 1. The zero-order chi connectivity index (χ0) is 25.0. The van der Waals surface area contributed by atoms with E-state index in [1.165, 1.54) is 19.1 Å². The highest BCUT2D eigenvalue weighted by Gasteiger charge is 2.64. The first-order valence-electron chi connectivity index (χ1n) is 11.8. The van der Waals surface area contributed by atoms with Crippen LogP contribution in [0.15, 0.2) is 78.9 Å². The van der Waals surface area contributed by atoms with Gasteiger partial charge in [0.15, 0.2) is 17.3 Å². The van der Waals surface area contributed by atoms with Gasteiger partial charge in [-0.1, -0.05) is 48.6 Å². The molecule has 3 heterocycles. The Morgan fingerprint density at radius 1 is 0.806 bits per heavy atom. The monoisotopic (exact) mass is 480 g/mol. The lowest BCUT2D eigenvalue weighted by Crippen LogP contribution is -2.48. The van der Waals surface area contributed by atoms with Gasteiger partial charge >= 0.3 is 0 Å². The van der Waals surface area contributed by atoms with Crippen molar-refractivity contribution in [2.24, 2.45) is 11.8 Å². The van der Waals surface area contributed by atoms with Crippen LogP contribution in [0.25, 0.3) is 6.08 Å². The first-order chi connectivity index (χ1) is 17.5. The molecule has 0 aromatic heterocycles. The Morgan fingerprint density at radius 3 is 2.25 bits per heavy atom. The number of ketones is 1. The molecule has 0 unspecified atom stereocenters. The second-order valence-electron chi connectivity index (χ2n) is 9.09. The maximum absolute atomic E-state index is 14.2. The number of carbonyl (C=O) groups is 3. The molecule has 2 amide bonds. The summed E-state index contributed by atoms with van der Waals surface area (Å²) in [7, 11) is 3.04. The van der Waals surface area contributed by atoms with Crippen molar-refractivity contribution in [1.29, 1.82) is 0 Å². The molecule has 7 nitrogen and oxygen atoms in total. The standard InChI is InChI=1S/C29H24N2O5/c1-35-22-15-13-18(16-23(22)36-2)27(32)26-25-24(21-14-12-17-8-6-7-11-20(17)31(21)26)28(33)30(29(25)34)19-9-4-3-5-10-19/h3-16,21,24-26H,1-2H3/t21-,24-,25-,26+/m1/s1. The van der Waals surface area contributed by atoms with Crippen LogP contribution in [-0.2, 0) is 9.59 Å². The molecule has 3 aromatic rings. The summed E-state index contributed by atoms with van der Waals surface area (Å²) in [4.78, 5) is 45.0. The highest BCUT2D eigenvalue weighted by atomic mass is 16.5. The van der Waals surface area contributed by atoms with Crippen LogP contribution < -0.4 is 19.3 Å². The van der Waals surface area contributed by atoms with Gasteiger partial charge < -0.3 is 14.4 Å². The van der Waals surface area contributed by atoms with Crippen LogP contribution in [0.1, 0.15) is 15.9 Å². The van der Waals surface area contributed by atoms with Gasteiger partial charge in [-0.3, -0.25) is 14.4 Å². The summed E-state index contributed by atoms with van der Waals surface area (Å²) in [6, 6.07) is 20.4. The molecule has 0 N–H and O–H groups in total. The largest absolute Gasteiger partial charge is 0.493 e. The van der Waals surface area contributed by atoms with Crippen molar-refractivity contribution in [2.75, 3.05) is 24.0 Å². The van der Waals surface area contributed by atoms with Crippen LogP contribution in [0.2, 0.25) is 0 Å². The molecule has 0 radical (unpaired) electrons. The van der Waals surface area contributed by atoms with Crippen LogP contribution in [-0.4, -0.2) is 43.9 Å². The molecule has 7 heteroatoms. The number of ether oxygens (including phenoxy) is 2. The van der Waals surface area contributed by atoms with Crippen molar-refractivity contribution in [2.45, 2.75) is 12.1 Å². The van der Waals surface area contributed by atoms with Gasteiger partial charge in [0.05, 0.1) is 37.8 Å². The van der Waals surface area contributed by atoms with E-state index in [1.54, 1.807) is 42.5 Å². The van der Waals surface area contributed by atoms with E-state index >= 15 is 0 Å². The lowest BCUT2D eigenvalue weighted by atomic mass is 9.86. The summed E-state index contributed by atoms with van der Waals surface area (Å²) in [5.41, 5.74) is 2.69. The van der Waals surface area contributed by atoms with Gasteiger partial charge in [0.1, 0.15) is 6.04 Å². The Hall–Kier alpha value is -4.39. The van der Waals surface area contributed by atoms with Crippen molar-refractivity contribution < 1.29 is 23.9 Å². The number of benzene rings is 3. The molecule has 36 heavy (non-hydrogen) atoms. The van der Waals surface area contributed by atoms with E-state index in [-0.39, 0.29) is 17.6 Å². The van der Waals surface area contributed by atoms with E-state index in [1.807, 2.05) is 47.4 Å². The molecule has 3 aromatic carbocycles. The van der Waals surface area contributed by atoms with Gasteiger partial charge in [0, 0.05) is 11.3 Å². The summed E-state index contributed by atoms with van der Waals surface area (Å²) in [6.45, 7) is 0. The molecule has 180 valence electrons. The van der Waals surface area contributed by atoms with E-state index in [4.69, 9.17) is 9.47 Å². The van der Waals surface area contributed by atoms with Crippen molar-refractivity contribution in [3.05, 3.63) is 90.0 Å². The number of Topliss-reactive ketones (excluding diaryl/α,β-unsaturated/α-hetero) is 1. The first kappa shape index (κ1) is 22.1. The van der Waals surface area contributed by atoms with E-state index in [9.17, 15) is 14.4 Å². The number of amides is 2. The van der Waals surface area contributed by atoms with Gasteiger partial charge in [-0.15, -0.1) is 0 Å². The lowest BCUT2D eigenvalue weighted by molar-refractivity contribution is -0.122. The number of rotatable bonds is 5. The van der Waals surface area contributed by atoms with Crippen LogP contribution in [0.5, 0.6) is 11.5 Å². The van der Waals surface area contributed by atoms with Crippen LogP contribution in [0.4, 0.5) is 11.4 Å². The van der Waals surface area contributed by atoms with Crippen molar-refractivity contribution in [3.8, 4) is 11.5 Å². The van der Waals surface area contributed by atoms with Gasteiger partial charge in [0.2, 0.25) is 11.8 Å². The fourth-order valence-corrected chi connectivity index (χ4v) is 5.81. The highest BCUT2D eigenvalue weighted by Crippen LogP contribution is 2.50. The van der Waals surface area contributed by atoms with Crippen molar-refractivity contribution in [3.63, 3.8) is 0 Å². The molecular weight excluding hydrogens is 456 g/mol. The minimum absolute atomic E-state index is 0.241. The lowest BCUT2D eigenvalue weighted by Gasteiger charge is -2.36. The van der Waals surface area contributed by atoms with Crippen LogP contribution >= 0.6 is 0 Å². The Bertz CT molecular complexity index is 1420. The molecule has 0 saturated carbocycles. The van der Waals surface area contributed by atoms with Crippen LogP contribution in [0.3, 0.4) is 0 Å². The zero-order valence-corrected chi connectivity index (χ0v) is 19.8. The number of carbonyl (C=O) groups excluding carboxylic acids is 3. The van der Waals surface area contributed by atoms with Crippen molar-refractivity contribution >= 4 is 35.0 Å². The smallest absolute Gasteiger partial charge is 0.240 e. The van der Waals surface area contributed by atoms with E-state index in [2.05, 4.69) is 0 Å². The molecule has 3 aliphatic heterocycles.